The van der Waals surface area contributed by atoms with E-state index < -0.39 is 15.6 Å². The molecular formula is C23H18Cl2O3S. The Morgan fingerprint density at radius 2 is 1.34 bits per heavy atom. The molecule has 0 saturated heterocycles. The van der Waals surface area contributed by atoms with Gasteiger partial charge in [-0.3, -0.25) is 4.79 Å². The zero-order chi connectivity index (χ0) is 21.0. The number of benzene rings is 3. The van der Waals surface area contributed by atoms with E-state index in [1.807, 2.05) is 19.1 Å². The van der Waals surface area contributed by atoms with Crippen LogP contribution in [0.4, 0.5) is 0 Å². The van der Waals surface area contributed by atoms with Crippen molar-refractivity contribution in [1.82, 2.24) is 0 Å². The first-order chi connectivity index (χ1) is 13.7. The van der Waals surface area contributed by atoms with Crippen LogP contribution >= 0.6 is 23.2 Å². The predicted molar refractivity (Wildman–Crippen MR) is 119 cm³/mol. The summed E-state index contributed by atoms with van der Waals surface area (Å²) in [6.45, 7) is 1.92. The fraction of sp³-hybridized carbons (Fsp3) is 0.0870. The minimum absolute atomic E-state index is 0.252. The lowest BCUT2D eigenvalue weighted by atomic mass is 10.1. The standard InChI is InChI=1S/C23H18Cl2O3S/c1-16-2-4-18(5-3-16)15-29(27,28)22(14-17-6-10-20(24)11-7-17)23(26)19-8-12-21(25)13-9-19/h2-14H,15H2,1H3. The van der Waals surface area contributed by atoms with Crippen LogP contribution in [-0.4, -0.2) is 14.2 Å². The average Bonchev–Trinajstić information content (AvgIpc) is 2.69. The molecule has 3 aromatic rings. The van der Waals surface area contributed by atoms with Gasteiger partial charge in [0.15, 0.2) is 9.84 Å². The van der Waals surface area contributed by atoms with Gasteiger partial charge >= 0.3 is 0 Å². The number of Topliss-reactive ketones (excluding diaryl/α,β-unsaturated/α-hetero) is 1. The van der Waals surface area contributed by atoms with Crippen molar-refractivity contribution < 1.29 is 13.2 Å². The lowest BCUT2D eigenvalue weighted by molar-refractivity contribution is 0.104. The monoisotopic (exact) mass is 444 g/mol. The van der Waals surface area contributed by atoms with E-state index in [4.69, 9.17) is 23.2 Å². The van der Waals surface area contributed by atoms with E-state index in [2.05, 4.69) is 0 Å². The summed E-state index contributed by atoms with van der Waals surface area (Å²) < 4.78 is 26.4. The molecule has 0 heterocycles. The van der Waals surface area contributed by atoms with Crippen molar-refractivity contribution in [2.45, 2.75) is 12.7 Å². The molecule has 29 heavy (non-hydrogen) atoms. The molecule has 6 heteroatoms. The van der Waals surface area contributed by atoms with E-state index in [-0.39, 0.29) is 16.2 Å². The first-order valence-corrected chi connectivity index (χ1v) is 11.2. The number of aryl methyl sites for hydroxylation is 1. The third-order valence-corrected chi connectivity index (χ3v) is 6.50. The van der Waals surface area contributed by atoms with Crippen LogP contribution in [0.5, 0.6) is 0 Å². The quantitative estimate of drug-likeness (QED) is 0.338. The Morgan fingerprint density at radius 3 is 1.90 bits per heavy atom. The van der Waals surface area contributed by atoms with Crippen molar-refractivity contribution in [3.05, 3.63) is 110 Å². The summed E-state index contributed by atoms with van der Waals surface area (Å²) in [5.41, 5.74) is 2.46. The molecule has 3 nitrogen and oxygen atoms in total. The molecule has 0 aliphatic heterocycles. The smallest absolute Gasteiger partial charge is 0.204 e. The fourth-order valence-electron chi connectivity index (χ4n) is 2.73. The Labute approximate surface area is 180 Å². The highest BCUT2D eigenvalue weighted by Crippen LogP contribution is 2.24. The van der Waals surface area contributed by atoms with Gasteiger partial charge in [0.1, 0.15) is 4.91 Å². The summed E-state index contributed by atoms with van der Waals surface area (Å²) in [5, 5.41) is 0.988. The first kappa shape index (κ1) is 21.3. The van der Waals surface area contributed by atoms with Gasteiger partial charge < -0.3 is 0 Å². The molecule has 3 rings (SSSR count). The number of ketones is 1. The third-order valence-electron chi connectivity index (χ3n) is 4.31. The molecule has 0 N–H and O–H groups in total. The minimum Gasteiger partial charge on any atom is -0.288 e. The summed E-state index contributed by atoms with van der Waals surface area (Å²) in [4.78, 5) is 12.8. The number of allylic oxidation sites excluding steroid dienone is 1. The molecule has 0 radical (unpaired) electrons. The maximum Gasteiger partial charge on any atom is 0.204 e. The lowest BCUT2D eigenvalue weighted by Crippen LogP contribution is -2.16. The van der Waals surface area contributed by atoms with E-state index in [1.165, 1.54) is 18.2 Å². The van der Waals surface area contributed by atoms with E-state index in [0.717, 1.165) is 5.56 Å². The van der Waals surface area contributed by atoms with Gasteiger partial charge in [0.25, 0.3) is 0 Å². The number of halogens is 2. The SMILES string of the molecule is Cc1ccc(CS(=O)(=O)C(=Cc2ccc(Cl)cc2)C(=O)c2ccc(Cl)cc2)cc1. The predicted octanol–water partition coefficient (Wildman–Crippen LogP) is 6.14. The van der Waals surface area contributed by atoms with Crippen molar-refractivity contribution in [3.63, 3.8) is 0 Å². The Morgan fingerprint density at radius 1 is 0.828 bits per heavy atom. The number of hydrogen-bond donors (Lipinski definition) is 0. The fourth-order valence-corrected chi connectivity index (χ4v) is 4.49. The van der Waals surface area contributed by atoms with Crippen LogP contribution in [-0.2, 0) is 15.6 Å². The van der Waals surface area contributed by atoms with Crippen LogP contribution in [0.25, 0.3) is 6.08 Å². The molecule has 0 aliphatic carbocycles. The summed E-state index contributed by atoms with van der Waals surface area (Å²) >= 11 is 11.8. The van der Waals surface area contributed by atoms with Crippen LogP contribution in [0.15, 0.2) is 77.7 Å². The summed E-state index contributed by atoms with van der Waals surface area (Å²) in [6.07, 6.45) is 1.39. The zero-order valence-corrected chi connectivity index (χ0v) is 17.9. The summed E-state index contributed by atoms with van der Waals surface area (Å²) in [7, 11) is -3.91. The Hall–Kier alpha value is -2.40. The molecule has 0 bridgehead atoms. The largest absolute Gasteiger partial charge is 0.288 e. The van der Waals surface area contributed by atoms with Gasteiger partial charge in [-0.1, -0.05) is 65.2 Å². The van der Waals surface area contributed by atoms with E-state index in [1.54, 1.807) is 48.5 Å². The third kappa shape index (κ3) is 5.57. The maximum absolute atomic E-state index is 13.2. The van der Waals surface area contributed by atoms with Gasteiger partial charge in [0.05, 0.1) is 5.75 Å². The van der Waals surface area contributed by atoms with Crippen molar-refractivity contribution in [2.24, 2.45) is 0 Å². The maximum atomic E-state index is 13.2. The van der Waals surface area contributed by atoms with Crippen molar-refractivity contribution in [2.75, 3.05) is 0 Å². The van der Waals surface area contributed by atoms with Gasteiger partial charge in [-0.15, -0.1) is 0 Å². The van der Waals surface area contributed by atoms with E-state index >= 15 is 0 Å². The molecule has 0 amide bonds. The van der Waals surface area contributed by atoms with Gasteiger partial charge in [-0.25, -0.2) is 8.42 Å². The van der Waals surface area contributed by atoms with Crippen LogP contribution in [0.2, 0.25) is 10.0 Å². The molecule has 0 fully saturated rings. The summed E-state index contributed by atoms with van der Waals surface area (Å²) in [6, 6.07) is 19.9. The molecule has 0 unspecified atom stereocenters. The number of carbonyl (C=O) groups excluding carboxylic acids is 1. The van der Waals surface area contributed by atoms with Crippen molar-refractivity contribution in [3.8, 4) is 0 Å². The average molecular weight is 445 g/mol. The number of hydrogen-bond acceptors (Lipinski definition) is 3. The van der Waals surface area contributed by atoms with Gasteiger partial charge in [-0.05, 0) is 60.5 Å². The highest BCUT2D eigenvalue weighted by molar-refractivity contribution is 7.95. The first-order valence-electron chi connectivity index (χ1n) is 8.80. The normalized spacial score (nSPS) is 12.0. The lowest BCUT2D eigenvalue weighted by Gasteiger charge is -2.10. The van der Waals surface area contributed by atoms with Gasteiger partial charge in [0.2, 0.25) is 5.78 Å². The van der Waals surface area contributed by atoms with E-state index in [9.17, 15) is 13.2 Å². The number of rotatable bonds is 6. The topological polar surface area (TPSA) is 51.2 Å². The summed E-state index contributed by atoms with van der Waals surface area (Å²) in [5.74, 6) is -0.852. The minimum atomic E-state index is -3.91. The number of carbonyl (C=O) groups is 1. The van der Waals surface area contributed by atoms with E-state index in [0.29, 0.717) is 21.2 Å². The second kappa shape index (κ2) is 8.95. The molecule has 0 saturated carbocycles. The van der Waals surface area contributed by atoms with Crippen LogP contribution < -0.4 is 0 Å². The molecule has 3 aromatic carbocycles. The Bertz CT molecular complexity index is 1150. The Balaban J connectivity index is 2.05. The zero-order valence-electron chi connectivity index (χ0n) is 15.6. The molecular weight excluding hydrogens is 427 g/mol. The highest BCUT2D eigenvalue weighted by atomic mass is 35.5. The second-order valence-electron chi connectivity index (χ2n) is 6.64. The highest BCUT2D eigenvalue weighted by Gasteiger charge is 2.26. The van der Waals surface area contributed by atoms with Crippen molar-refractivity contribution >= 4 is 44.9 Å². The van der Waals surface area contributed by atoms with Crippen LogP contribution in [0.1, 0.15) is 27.0 Å². The van der Waals surface area contributed by atoms with Crippen LogP contribution in [0.3, 0.4) is 0 Å². The van der Waals surface area contributed by atoms with Crippen LogP contribution in [0, 0.1) is 6.92 Å². The Kier molecular flexibility index (Phi) is 6.58. The molecule has 0 aliphatic rings. The van der Waals surface area contributed by atoms with Crippen molar-refractivity contribution in [1.29, 1.82) is 0 Å². The molecule has 0 atom stereocenters. The molecule has 148 valence electrons. The number of sulfone groups is 1. The van der Waals surface area contributed by atoms with Gasteiger partial charge in [0, 0.05) is 15.6 Å². The molecule has 0 aromatic heterocycles. The van der Waals surface area contributed by atoms with Gasteiger partial charge in [-0.2, -0.15) is 0 Å². The molecule has 0 spiro atoms. The second-order valence-corrected chi connectivity index (χ2v) is 9.47.